The maximum absolute atomic E-state index is 13.2. The summed E-state index contributed by atoms with van der Waals surface area (Å²) in [6, 6.07) is 7.50. The van der Waals surface area contributed by atoms with Crippen LogP contribution in [0.1, 0.15) is 12.7 Å². The highest BCUT2D eigenvalue weighted by Gasteiger charge is 2.19. The Balaban J connectivity index is 1.71. The summed E-state index contributed by atoms with van der Waals surface area (Å²) in [5.41, 5.74) is 1.62. The van der Waals surface area contributed by atoms with Crippen molar-refractivity contribution in [3.8, 4) is 0 Å². The Morgan fingerprint density at radius 3 is 2.48 bits per heavy atom. The van der Waals surface area contributed by atoms with Crippen LogP contribution in [-0.2, 0) is 15.9 Å². The van der Waals surface area contributed by atoms with Gasteiger partial charge in [-0.15, -0.1) is 0 Å². The Kier molecular flexibility index (Phi) is 5.35. The zero-order valence-corrected chi connectivity index (χ0v) is 15.6. The smallest absolute Gasteiger partial charge is 0.280 e. The zero-order valence-electron chi connectivity index (χ0n) is 15.6. The second kappa shape index (κ2) is 8.06. The van der Waals surface area contributed by atoms with E-state index in [0.717, 1.165) is 30.1 Å². The van der Waals surface area contributed by atoms with E-state index in [0.29, 0.717) is 51.3 Å². The second-order valence-corrected chi connectivity index (χ2v) is 6.81. The topological polar surface area (TPSA) is 72.2 Å². The Labute approximate surface area is 158 Å². The number of fused-ring (bicyclic) bond motifs is 1. The molecule has 0 aliphatic carbocycles. The molecule has 4 rings (SSSR count). The van der Waals surface area contributed by atoms with Crippen molar-refractivity contribution in [2.75, 3.05) is 57.6 Å². The van der Waals surface area contributed by atoms with E-state index in [1.807, 2.05) is 41.2 Å². The molecule has 8 heteroatoms. The molecule has 3 heterocycles. The van der Waals surface area contributed by atoms with Crippen molar-refractivity contribution >= 4 is 16.6 Å². The summed E-state index contributed by atoms with van der Waals surface area (Å²) >= 11 is 0. The maximum Gasteiger partial charge on any atom is 0.280 e. The first-order valence-corrected chi connectivity index (χ1v) is 9.43. The van der Waals surface area contributed by atoms with Crippen LogP contribution in [0.2, 0.25) is 0 Å². The lowest BCUT2D eigenvalue weighted by Gasteiger charge is -2.32. The first-order chi connectivity index (χ1) is 13.2. The number of para-hydroxylation sites is 1. The fourth-order valence-corrected chi connectivity index (χ4v) is 3.49. The summed E-state index contributed by atoms with van der Waals surface area (Å²) in [7, 11) is 0. The van der Waals surface area contributed by atoms with Crippen LogP contribution in [0.3, 0.4) is 0 Å². The van der Waals surface area contributed by atoms with E-state index in [1.165, 1.54) is 0 Å². The molecule has 0 radical (unpaired) electrons. The van der Waals surface area contributed by atoms with Crippen molar-refractivity contribution in [2.24, 2.45) is 5.10 Å². The zero-order chi connectivity index (χ0) is 18.6. The normalized spacial score (nSPS) is 18.9. The van der Waals surface area contributed by atoms with Gasteiger partial charge in [-0.1, -0.05) is 12.1 Å². The molecule has 0 unspecified atom stereocenters. The Morgan fingerprint density at radius 2 is 1.74 bits per heavy atom. The van der Waals surface area contributed by atoms with Crippen LogP contribution in [0.25, 0.3) is 10.9 Å². The van der Waals surface area contributed by atoms with E-state index in [1.54, 1.807) is 4.68 Å². The van der Waals surface area contributed by atoms with Gasteiger partial charge in [0.2, 0.25) is 0 Å². The quantitative estimate of drug-likeness (QED) is 0.734. The summed E-state index contributed by atoms with van der Waals surface area (Å²) in [6.45, 7) is 7.53. The molecule has 2 aromatic rings. The molecule has 0 spiro atoms. The number of hydrogen-bond donors (Lipinski definition) is 0. The van der Waals surface area contributed by atoms with Crippen molar-refractivity contribution in [2.45, 2.75) is 13.3 Å². The molecule has 2 aliphatic rings. The number of morpholine rings is 2. The van der Waals surface area contributed by atoms with Gasteiger partial charge in [0.25, 0.3) is 5.56 Å². The monoisotopic (exact) mass is 371 g/mol. The number of aromatic nitrogens is 2. The molecule has 0 N–H and O–H groups in total. The van der Waals surface area contributed by atoms with Crippen LogP contribution < -0.4 is 10.6 Å². The third-order valence-electron chi connectivity index (χ3n) is 4.80. The van der Waals surface area contributed by atoms with E-state index in [2.05, 4.69) is 0 Å². The predicted molar refractivity (Wildman–Crippen MR) is 104 cm³/mol. The van der Waals surface area contributed by atoms with Crippen LogP contribution in [0.5, 0.6) is 0 Å². The van der Waals surface area contributed by atoms with Crippen LogP contribution in [0.15, 0.2) is 34.2 Å². The molecule has 2 fully saturated rings. The van der Waals surface area contributed by atoms with Crippen molar-refractivity contribution in [1.82, 2.24) is 14.7 Å². The first kappa shape index (κ1) is 17.9. The molecule has 2 aliphatic heterocycles. The lowest BCUT2D eigenvalue weighted by molar-refractivity contribution is 0.0392. The van der Waals surface area contributed by atoms with E-state index >= 15 is 0 Å². The molecule has 1 aromatic carbocycles. The van der Waals surface area contributed by atoms with Crippen molar-refractivity contribution in [3.63, 3.8) is 0 Å². The van der Waals surface area contributed by atoms with Crippen molar-refractivity contribution in [1.29, 1.82) is 0 Å². The Morgan fingerprint density at radius 1 is 1.07 bits per heavy atom. The minimum Gasteiger partial charge on any atom is -0.378 e. The summed E-state index contributed by atoms with van der Waals surface area (Å²) in [4.78, 5) is 18.0. The molecule has 0 saturated carbocycles. The molecule has 144 valence electrons. The lowest BCUT2D eigenvalue weighted by atomic mass is 10.2. The second-order valence-electron chi connectivity index (χ2n) is 6.81. The molecule has 0 amide bonds. The number of hydrazone groups is 1. The number of hydrogen-bond acceptors (Lipinski definition) is 7. The average molecular weight is 371 g/mol. The van der Waals surface area contributed by atoms with Crippen LogP contribution >= 0.6 is 0 Å². The van der Waals surface area contributed by atoms with Gasteiger partial charge in [-0.2, -0.15) is 5.10 Å². The molecule has 2 saturated heterocycles. The van der Waals surface area contributed by atoms with Gasteiger partial charge >= 0.3 is 0 Å². The molecule has 0 bridgehead atoms. The van der Waals surface area contributed by atoms with Crippen molar-refractivity contribution < 1.29 is 9.47 Å². The first-order valence-electron chi connectivity index (χ1n) is 9.43. The van der Waals surface area contributed by atoms with Gasteiger partial charge in [0, 0.05) is 12.1 Å². The lowest BCUT2D eigenvalue weighted by Crippen LogP contribution is -2.50. The molecular weight excluding hydrogens is 346 g/mol. The highest BCUT2D eigenvalue weighted by Crippen LogP contribution is 2.11. The standard InChI is InChI=1S/C19H25N5O3/c1-15(21-22-6-10-26-11-7-22)14-18-20-17-5-3-2-4-16(17)19(25)24(18)23-8-12-27-13-9-23/h2-5H,6-14H2,1H3/b21-15-. The summed E-state index contributed by atoms with van der Waals surface area (Å²) in [5.74, 6) is 0.718. The van der Waals surface area contributed by atoms with Gasteiger partial charge in [-0.25, -0.2) is 9.66 Å². The van der Waals surface area contributed by atoms with Crippen LogP contribution in [-0.4, -0.2) is 73.0 Å². The van der Waals surface area contributed by atoms with Gasteiger partial charge in [-0.3, -0.25) is 9.80 Å². The SMILES string of the molecule is C/C(Cc1nc2ccccc2c(=O)n1N1CCOCC1)=N/N1CCOCC1. The number of ether oxygens (including phenoxy) is 2. The van der Waals surface area contributed by atoms with Gasteiger partial charge in [-0.05, 0) is 19.1 Å². The van der Waals surface area contributed by atoms with E-state index < -0.39 is 0 Å². The third kappa shape index (κ3) is 3.96. The minimum absolute atomic E-state index is 0.0309. The summed E-state index contributed by atoms with van der Waals surface area (Å²) in [5, 5.41) is 9.39. The highest BCUT2D eigenvalue weighted by molar-refractivity contribution is 5.84. The average Bonchev–Trinajstić information content (AvgIpc) is 2.69. The van der Waals surface area contributed by atoms with E-state index in [-0.39, 0.29) is 5.56 Å². The van der Waals surface area contributed by atoms with Gasteiger partial charge < -0.3 is 14.5 Å². The van der Waals surface area contributed by atoms with Gasteiger partial charge in [0.1, 0.15) is 5.82 Å². The number of benzene rings is 1. The molecule has 8 nitrogen and oxygen atoms in total. The number of nitrogens with zero attached hydrogens (tertiary/aromatic N) is 5. The molecule has 27 heavy (non-hydrogen) atoms. The van der Waals surface area contributed by atoms with Crippen LogP contribution in [0, 0.1) is 0 Å². The van der Waals surface area contributed by atoms with E-state index in [4.69, 9.17) is 19.6 Å². The molecular formula is C19H25N5O3. The predicted octanol–water partition coefficient (Wildman–Crippen LogP) is 0.615. The highest BCUT2D eigenvalue weighted by atomic mass is 16.5. The van der Waals surface area contributed by atoms with Crippen molar-refractivity contribution in [3.05, 3.63) is 40.4 Å². The molecule has 1 aromatic heterocycles. The minimum atomic E-state index is -0.0309. The fourth-order valence-electron chi connectivity index (χ4n) is 3.49. The fraction of sp³-hybridized carbons (Fsp3) is 0.526. The summed E-state index contributed by atoms with van der Waals surface area (Å²) < 4.78 is 12.6. The van der Waals surface area contributed by atoms with Gasteiger partial charge in [0.05, 0.1) is 63.5 Å². The maximum atomic E-state index is 13.2. The number of rotatable bonds is 4. The Hall–Kier alpha value is -2.45. The van der Waals surface area contributed by atoms with E-state index in [9.17, 15) is 4.79 Å². The largest absolute Gasteiger partial charge is 0.378 e. The van der Waals surface area contributed by atoms with Gasteiger partial charge in [0.15, 0.2) is 0 Å². The third-order valence-corrected chi connectivity index (χ3v) is 4.80. The Bertz CT molecular complexity index is 883. The summed E-state index contributed by atoms with van der Waals surface area (Å²) in [6.07, 6.45) is 0.523. The van der Waals surface area contributed by atoms with Crippen LogP contribution in [0.4, 0.5) is 0 Å². The molecule has 0 atom stereocenters.